The molecule has 0 amide bonds. The second-order valence-corrected chi connectivity index (χ2v) is 6.77. The number of nitrogens with zero attached hydrogens (tertiary/aromatic N) is 1. The molecule has 1 fully saturated rings. The van der Waals surface area contributed by atoms with Gasteiger partial charge in [-0.2, -0.15) is 0 Å². The maximum atomic E-state index is 5.86. The van der Waals surface area contributed by atoms with Crippen molar-refractivity contribution in [1.29, 1.82) is 0 Å². The Bertz CT molecular complexity index is 448. The van der Waals surface area contributed by atoms with Gasteiger partial charge in [-0.1, -0.05) is 28.9 Å². The number of halogens is 1. The van der Waals surface area contributed by atoms with Crippen LogP contribution in [0.1, 0.15) is 44.7 Å². The van der Waals surface area contributed by atoms with Crippen molar-refractivity contribution in [3.05, 3.63) is 28.2 Å². The molecule has 1 aliphatic rings. The zero-order chi connectivity index (χ0) is 15.2. The minimum Gasteiger partial charge on any atom is -0.492 e. The van der Waals surface area contributed by atoms with Crippen LogP contribution in [0.15, 0.2) is 22.7 Å². The second-order valence-electron chi connectivity index (χ2n) is 5.92. The SMILES string of the molecule is CCCNC(C)c1ccc(OCCN(C)C2CC2)cc1Br. The molecule has 0 spiro atoms. The van der Waals surface area contributed by atoms with Crippen molar-refractivity contribution < 1.29 is 4.74 Å². The first-order valence-corrected chi connectivity index (χ1v) is 8.77. The van der Waals surface area contributed by atoms with Crippen LogP contribution in [0.4, 0.5) is 0 Å². The normalized spacial score (nSPS) is 16.2. The average molecular weight is 355 g/mol. The van der Waals surface area contributed by atoms with Gasteiger partial charge in [0.15, 0.2) is 0 Å². The van der Waals surface area contributed by atoms with E-state index in [2.05, 4.69) is 65.2 Å². The fraction of sp³-hybridized carbons (Fsp3) is 0.647. The van der Waals surface area contributed by atoms with Crippen molar-refractivity contribution in [2.45, 2.75) is 45.2 Å². The van der Waals surface area contributed by atoms with Crippen LogP contribution >= 0.6 is 15.9 Å². The third kappa shape index (κ3) is 5.28. The predicted octanol–water partition coefficient (Wildman–Crippen LogP) is 3.98. The molecule has 1 aliphatic carbocycles. The molecular formula is C17H27BrN2O. The zero-order valence-corrected chi connectivity index (χ0v) is 14.9. The minimum absolute atomic E-state index is 0.356. The highest BCUT2D eigenvalue weighted by atomic mass is 79.9. The van der Waals surface area contributed by atoms with E-state index in [1.165, 1.54) is 18.4 Å². The highest BCUT2D eigenvalue weighted by molar-refractivity contribution is 9.10. The number of benzene rings is 1. The van der Waals surface area contributed by atoms with Gasteiger partial charge in [-0.05, 0) is 57.5 Å². The summed E-state index contributed by atoms with van der Waals surface area (Å²) < 4.78 is 6.98. The molecule has 118 valence electrons. The van der Waals surface area contributed by atoms with Crippen molar-refractivity contribution in [3.8, 4) is 5.75 Å². The van der Waals surface area contributed by atoms with Gasteiger partial charge in [-0.15, -0.1) is 0 Å². The van der Waals surface area contributed by atoms with Gasteiger partial charge in [0.25, 0.3) is 0 Å². The van der Waals surface area contributed by atoms with Crippen LogP contribution in [-0.4, -0.2) is 37.7 Å². The number of nitrogens with one attached hydrogen (secondary N) is 1. The van der Waals surface area contributed by atoms with Gasteiger partial charge in [0.2, 0.25) is 0 Å². The molecular weight excluding hydrogens is 328 g/mol. The predicted molar refractivity (Wildman–Crippen MR) is 92.0 cm³/mol. The molecule has 3 nitrogen and oxygen atoms in total. The van der Waals surface area contributed by atoms with Crippen LogP contribution in [-0.2, 0) is 0 Å². The van der Waals surface area contributed by atoms with E-state index in [4.69, 9.17) is 4.74 Å². The van der Waals surface area contributed by atoms with Gasteiger partial charge in [-0.3, -0.25) is 0 Å². The highest BCUT2D eigenvalue weighted by Crippen LogP contribution is 2.28. The summed E-state index contributed by atoms with van der Waals surface area (Å²) in [6.07, 6.45) is 3.84. The van der Waals surface area contributed by atoms with E-state index >= 15 is 0 Å². The number of hydrogen-bond donors (Lipinski definition) is 1. The lowest BCUT2D eigenvalue weighted by molar-refractivity contribution is 0.232. The van der Waals surface area contributed by atoms with Gasteiger partial charge >= 0.3 is 0 Å². The standard InChI is InChI=1S/C17H27BrN2O/c1-4-9-19-13(2)16-8-7-15(12-17(16)18)21-11-10-20(3)14-5-6-14/h7-8,12-14,19H,4-6,9-11H2,1-3H3. The summed E-state index contributed by atoms with van der Waals surface area (Å²) in [4.78, 5) is 2.39. The number of hydrogen-bond acceptors (Lipinski definition) is 3. The third-order valence-electron chi connectivity index (χ3n) is 4.02. The van der Waals surface area contributed by atoms with Gasteiger partial charge < -0.3 is 15.0 Å². The maximum Gasteiger partial charge on any atom is 0.120 e. The quantitative estimate of drug-likeness (QED) is 0.725. The van der Waals surface area contributed by atoms with Gasteiger partial charge in [-0.25, -0.2) is 0 Å². The monoisotopic (exact) mass is 354 g/mol. The van der Waals surface area contributed by atoms with E-state index in [1.807, 2.05) is 0 Å². The number of ether oxygens (including phenoxy) is 1. The summed E-state index contributed by atoms with van der Waals surface area (Å²) in [5.41, 5.74) is 1.28. The Balaban J connectivity index is 1.82. The Morgan fingerprint density at radius 3 is 2.81 bits per heavy atom. The van der Waals surface area contributed by atoms with E-state index < -0.39 is 0 Å². The Morgan fingerprint density at radius 1 is 1.43 bits per heavy atom. The molecule has 2 rings (SSSR count). The van der Waals surface area contributed by atoms with Crippen LogP contribution in [0.5, 0.6) is 5.75 Å². The largest absolute Gasteiger partial charge is 0.492 e. The van der Waals surface area contributed by atoms with Crippen LogP contribution in [0.2, 0.25) is 0 Å². The van der Waals surface area contributed by atoms with Crippen LogP contribution in [0.3, 0.4) is 0 Å². The fourth-order valence-corrected chi connectivity index (χ4v) is 3.13. The molecule has 1 aromatic rings. The summed E-state index contributed by atoms with van der Waals surface area (Å²) in [5, 5.41) is 3.51. The Labute approximate surface area is 137 Å². The first kappa shape index (κ1) is 16.8. The molecule has 1 N–H and O–H groups in total. The van der Waals surface area contributed by atoms with E-state index in [-0.39, 0.29) is 0 Å². The molecule has 0 bridgehead atoms. The molecule has 1 aromatic carbocycles. The lowest BCUT2D eigenvalue weighted by Gasteiger charge is -2.18. The van der Waals surface area contributed by atoms with Crippen molar-refractivity contribution in [2.24, 2.45) is 0 Å². The molecule has 0 aliphatic heterocycles. The van der Waals surface area contributed by atoms with Crippen molar-refractivity contribution in [2.75, 3.05) is 26.7 Å². The summed E-state index contributed by atoms with van der Waals surface area (Å²) >= 11 is 3.66. The van der Waals surface area contributed by atoms with E-state index in [1.54, 1.807) is 0 Å². The minimum atomic E-state index is 0.356. The summed E-state index contributed by atoms with van der Waals surface area (Å²) in [7, 11) is 2.18. The fourth-order valence-electron chi connectivity index (χ4n) is 2.42. The van der Waals surface area contributed by atoms with E-state index in [0.717, 1.165) is 42.4 Å². The number of likely N-dealkylation sites (N-methyl/N-ethyl adjacent to an activating group) is 1. The van der Waals surface area contributed by atoms with E-state index in [0.29, 0.717) is 6.04 Å². The van der Waals surface area contributed by atoms with E-state index in [9.17, 15) is 0 Å². The molecule has 1 unspecified atom stereocenters. The summed E-state index contributed by atoms with van der Waals surface area (Å²) in [6, 6.07) is 7.46. The van der Waals surface area contributed by atoms with Crippen LogP contribution < -0.4 is 10.1 Å². The molecule has 0 aromatic heterocycles. The molecule has 0 radical (unpaired) electrons. The molecule has 0 heterocycles. The maximum absolute atomic E-state index is 5.86. The van der Waals surface area contributed by atoms with Crippen LogP contribution in [0.25, 0.3) is 0 Å². The smallest absolute Gasteiger partial charge is 0.120 e. The lowest BCUT2D eigenvalue weighted by atomic mass is 10.1. The Kier molecular flexibility index (Phi) is 6.52. The third-order valence-corrected chi connectivity index (χ3v) is 4.71. The zero-order valence-electron chi connectivity index (χ0n) is 13.4. The highest BCUT2D eigenvalue weighted by Gasteiger charge is 2.25. The second kappa shape index (κ2) is 8.16. The summed E-state index contributed by atoms with van der Waals surface area (Å²) in [5.74, 6) is 0.942. The van der Waals surface area contributed by atoms with Crippen molar-refractivity contribution >= 4 is 15.9 Å². The average Bonchev–Trinajstić information content (AvgIpc) is 3.29. The molecule has 21 heavy (non-hydrogen) atoms. The van der Waals surface area contributed by atoms with Gasteiger partial charge in [0.05, 0.1) is 0 Å². The lowest BCUT2D eigenvalue weighted by Crippen LogP contribution is -2.26. The number of rotatable bonds is 9. The van der Waals surface area contributed by atoms with Gasteiger partial charge in [0.1, 0.15) is 12.4 Å². The summed E-state index contributed by atoms with van der Waals surface area (Å²) in [6.45, 7) is 7.17. The van der Waals surface area contributed by atoms with Crippen molar-refractivity contribution in [1.82, 2.24) is 10.2 Å². The molecule has 0 saturated heterocycles. The first-order chi connectivity index (χ1) is 10.1. The first-order valence-electron chi connectivity index (χ1n) is 7.97. The molecule has 4 heteroatoms. The van der Waals surface area contributed by atoms with Crippen molar-refractivity contribution in [3.63, 3.8) is 0 Å². The van der Waals surface area contributed by atoms with Crippen LogP contribution in [0, 0.1) is 0 Å². The molecule has 1 atom stereocenters. The molecule has 1 saturated carbocycles. The Morgan fingerprint density at radius 2 is 2.19 bits per heavy atom. The Hall–Kier alpha value is -0.580. The topological polar surface area (TPSA) is 24.5 Å². The van der Waals surface area contributed by atoms with Gasteiger partial charge in [0, 0.05) is 23.1 Å².